The number of nitrogen functional groups attached to an aromatic ring is 1. The number of nitrogens with zero attached hydrogens (tertiary/aromatic N) is 4. The summed E-state index contributed by atoms with van der Waals surface area (Å²) in [5.74, 6) is 1.48. The highest BCUT2D eigenvalue weighted by Crippen LogP contribution is 2.23. The molecule has 7 nitrogen and oxygen atoms in total. The number of hydrogen-bond acceptors (Lipinski definition) is 7. The Bertz CT molecular complexity index is 922. The van der Waals surface area contributed by atoms with Gasteiger partial charge in [0.15, 0.2) is 0 Å². The number of benzene rings is 1. The Labute approximate surface area is 158 Å². The summed E-state index contributed by atoms with van der Waals surface area (Å²) in [6.07, 6.45) is 3.54. The maximum Gasteiger partial charge on any atom is 0.227 e. The molecule has 3 aromatic rings. The van der Waals surface area contributed by atoms with Crippen LogP contribution in [0.3, 0.4) is 0 Å². The van der Waals surface area contributed by atoms with Crippen molar-refractivity contribution in [3.8, 4) is 11.3 Å². The molecule has 1 fully saturated rings. The zero-order valence-electron chi connectivity index (χ0n) is 15.2. The first-order valence-corrected chi connectivity index (χ1v) is 8.94. The van der Waals surface area contributed by atoms with Crippen LogP contribution >= 0.6 is 0 Å². The van der Waals surface area contributed by atoms with Crippen molar-refractivity contribution in [2.45, 2.75) is 6.92 Å². The maximum absolute atomic E-state index is 5.90. The minimum Gasteiger partial charge on any atom is -0.399 e. The number of hydrogen-bond donors (Lipinski definition) is 2. The zero-order valence-corrected chi connectivity index (χ0v) is 15.2. The second-order valence-electron chi connectivity index (χ2n) is 6.47. The lowest BCUT2D eigenvalue weighted by atomic mass is 10.1. The van der Waals surface area contributed by atoms with Gasteiger partial charge in [-0.25, -0.2) is 15.0 Å². The number of pyridine rings is 1. The van der Waals surface area contributed by atoms with Gasteiger partial charge in [-0.1, -0.05) is 6.07 Å². The van der Waals surface area contributed by atoms with E-state index in [4.69, 9.17) is 10.5 Å². The fraction of sp³-hybridized carbons (Fsp3) is 0.250. The van der Waals surface area contributed by atoms with Crippen LogP contribution in [0.2, 0.25) is 0 Å². The fourth-order valence-electron chi connectivity index (χ4n) is 2.98. The number of ether oxygens (including phenoxy) is 1. The molecule has 0 bridgehead atoms. The van der Waals surface area contributed by atoms with Gasteiger partial charge >= 0.3 is 0 Å². The first-order chi connectivity index (χ1) is 13.2. The lowest BCUT2D eigenvalue weighted by molar-refractivity contribution is 0.122. The largest absolute Gasteiger partial charge is 0.399 e. The highest BCUT2D eigenvalue weighted by Gasteiger charge is 2.12. The average Bonchev–Trinajstić information content (AvgIpc) is 2.71. The molecule has 0 spiro atoms. The van der Waals surface area contributed by atoms with E-state index in [0.29, 0.717) is 5.95 Å². The quantitative estimate of drug-likeness (QED) is 0.690. The van der Waals surface area contributed by atoms with Crippen LogP contribution in [-0.2, 0) is 4.74 Å². The van der Waals surface area contributed by atoms with E-state index in [0.717, 1.165) is 60.3 Å². The number of morpholine rings is 1. The van der Waals surface area contributed by atoms with E-state index < -0.39 is 0 Å². The summed E-state index contributed by atoms with van der Waals surface area (Å²) in [7, 11) is 0. The monoisotopic (exact) mass is 362 g/mol. The van der Waals surface area contributed by atoms with Crippen molar-refractivity contribution in [3.05, 3.63) is 54.4 Å². The van der Waals surface area contributed by atoms with Crippen LogP contribution in [0.25, 0.3) is 11.3 Å². The van der Waals surface area contributed by atoms with Crippen LogP contribution in [0.15, 0.2) is 48.8 Å². The molecule has 1 aliphatic heterocycles. The third-order valence-electron chi connectivity index (χ3n) is 4.56. The van der Waals surface area contributed by atoms with Gasteiger partial charge in [-0.3, -0.25) is 0 Å². The summed E-state index contributed by atoms with van der Waals surface area (Å²) in [4.78, 5) is 15.7. The molecule has 1 aromatic carbocycles. The van der Waals surface area contributed by atoms with Crippen LogP contribution in [0.4, 0.5) is 23.1 Å². The molecule has 0 aliphatic carbocycles. The smallest absolute Gasteiger partial charge is 0.227 e. The summed E-state index contributed by atoms with van der Waals surface area (Å²) in [6.45, 7) is 5.21. The van der Waals surface area contributed by atoms with E-state index in [9.17, 15) is 0 Å². The summed E-state index contributed by atoms with van der Waals surface area (Å²) < 4.78 is 5.38. The molecule has 138 valence electrons. The van der Waals surface area contributed by atoms with Crippen molar-refractivity contribution in [2.24, 2.45) is 0 Å². The minimum atomic E-state index is 0.530. The number of rotatable bonds is 4. The number of anilines is 4. The van der Waals surface area contributed by atoms with Gasteiger partial charge in [-0.15, -0.1) is 0 Å². The average molecular weight is 362 g/mol. The normalized spacial score (nSPS) is 14.2. The molecule has 3 heterocycles. The third kappa shape index (κ3) is 3.98. The first-order valence-electron chi connectivity index (χ1n) is 8.94. The van der Waals surface area contributed by atoms with Gasteiger partial charge in [-0.05, 0) is 42.8 Å². The first kappa shape index (κ1) is 17.2. The Morgan fingerprint density at radius 3 is 2.67 bits per heavy atom. The van der Waals surface area contributed by atoms with E-state index >= 15 is 0 Å². The molecule has 2 aromatic heterocycles. The highest BCUT2D eigenvalue weighted by molar-refractivity contribution is 5.66. The van der Waals surface area contributed by atoms with Crippen LogP contribution in [0, 0.1) is 6.92 Å². The Hall–Kier alpha value is -3.19. The SMILES string of the molecule is Cc1cc(-c2ccnc(Nc3ccc(N4CCOCC4)nc3)n2)ccc1N. The molecule has 7 heteroatoms. The Morgan fingerprint density at radius 1 is 1.07 bits per heavy atom. The van der Waals surface area contributed by atoms with Crippen LogP contribution in [0.5, 0.6) is 0 Å². The predicted octanol–water partition coefficient (Wildman–Crippen LogP) is 3.01. The van der Waals surface area contributed by atoms with Crippen molar-refractivity contribution >= 4 is 23.1 Å². The zero-order chi connectivity index (χ0) is 18.6. The topological polar surface area (TPSA) is 89.2 Å². The van der Waals surface area contributed by atoms with Gasteiger partial charge in [0.1, 0.15) is 5.82 Å². The van der Waals surface area contributed by atoms with Gasteiger partial charge in [0.05, 0.1) is 30.8 Å². The molecule has 1 saturated heterocycles. The number of nitrogens with one attached hydrogen (secondary N) is 1. The number of nitrogens with two attached hydrogens (primary N) is 1. The van der Waals surface area contributed by atoms with Gasteiger partial charge < -0.3 is 20.7 Å². The summed E-state index contributed by atoms with van der Waals surface area (Å²) in [5.41, 5.74) is 10.4. The molecule has 0 unspecified atom stereocenters. The Balaban J connectivity index is 1.50. The van der Waals surface area contributed by atoms with E-state index in [2.05, 4.69) is 25.2 Å². The highest BCUT2D eigenvalue weighted by atomic mass is 16.5. The minimum absolute atomic E-state index is 0.530. The lowest BCUT2D eigenvalue weighted by Crippen LogP contribution is -2.36. The molecule has 0 saturated carbocycles. The number of aromatic nitrogens is 3. The van der Waals surface area contributed by atoms with Gasteiger partial charge in [-0.2, -0.15) is 0 Å². The molecule has 27 heavy (non-hydrogen) atoms. The standard InChI is InChI=1S/C20H22N6O/c1-14-12-15(2-4-17(14)21)18-6-7-22-20(25-18)24-16-3-5-19(23-13-16)26-8-10-27-11-9-26/h2-7,12-13H,8-11,21H2,1H3,(H,22,24,25). The van der Waals surface area contributed by atoms with Gasteiger partial charge in [0, 0.05) is 30.5 Å². The summed E-state index contributed by atoms with van der Waals surface area (Å²) in [6, 6.07) is 11.8. The van der Waals surface area contributed by atoms with Crippen LogP contribution < -0.4 is 16.0 Å². The van der Waals surface area contributed by atoms with Crippen molar-refractivity contribution in [3.63, 3.8) is 0 Å². The van der Waals surface area contributed by atoms with E-state index in [1.54, 1.807) is 12.4 Å². The molecule has 3 N–H and O–H groups in total. The van der Waals surface area contributed by atoms with Crippen molar-refractivity contribution in [2.75, 3.05) is 42.3 Å². The van der Waals surface area contributed by atoms with E-state index in [1.807, 2.05) is 43.3 Å². The van der Waals surface area contributed by atoms with E-state index in [-0.39, 0.29) is 0 Å². The molecule has 4 rings (SSSR count). The summed E-state index contributed by atoms with van der Waals surface area (Å²) >= 11 is 0. The molecular weight excluding hydrogens is 340 g/mol. The molecule has 0 radical (unpaired) electrons. The Morgan fingerprint density at radius 2 is 1.93 bits per heavy atom. The van der Waals surface area contributed by atoms with Crippen LogP contribution in [-0.4, -0.2) is 41.3 Å². The van der Waals surface area contributed by atoms with Gasteiger partial charge in [0.25, 0.3) is 0 Å². The summed E-state index contributed by atoms with van der Waals surface area (Å²) in [5, 5.41) is 3.22. The van der Waals surface area contributed by atoms with Crippen molar-refractivity contribution in [1.29, 1.82) is 0 Å². The molecule has 0 amide bonds. The van der Waals surface area contributed by atoms with Crippen LogP contribution in [0.1, 0.15) is 5.56 Å². The second kappa shape index (κ2) is 7.59. The Kier molecular flexibility index (Phi) is 4.84. The fourth-order valence-corrected chi connectivity index (χ4v) is 2.98. The van der Waals surface area contributed by atoms with Crippen molar-refractivity contribution < 1.29 is 4.74 Å². The number of aryl methyl sites for hydroxylation is 1. The lowest BCUT2D eigenvalue weighted by Gasteiger charge is -2.27. The molecular formula is C20H22N6O. The van der Waals surface area contributed by atoms with E-state index in [1.165, 1.54) is 0 Å². The van der Waals surface area contributed by atoms with Gasteiger partial charge in [0.2, 0.25) is 5.95 Å². The van der Waals surface area contributed by atoms with Crippen molar-refractivity contribution in [1.82, 2.24) is 15.0 Å². The molecule has 1 aliphatic rings. The predicted molar refractivity (Wildman–Crippen MR) is 107 cm³/mol. The maximum atomic E-state index is 5.90. The third-order valence-corrected chi connectivity index (χ3v) is 4.56. The molecule has 0 atom stereocenters. The second-order valence-corrected chi connectivity index (χ2v) is 6.47.